The summed E-state index contributed by atoms with van der Waals surface area (Å²) >= 11 is 1.88. The molecule has 4 heteroatoms. The third-order valence-electron chi connectivity index (χ3n) is 2.76. The average Bonchev–Trinajstić information content (AvgIpc) is 2.26. The van der Waals surface area contributed by atoms with Crippen LogP contribution in [0.1, 0.15) is 13.3 Å². The lowest BCUT2D eigenvalue weighted by Gasteiger charge is -2.31. The molecule has 0 spiro atoms. The van der Waals surface area contributed by atoms with Crippen LogP contribution in [0.5, 0.6) is 0 Å². The molecule has 1 unspecified atom stereocenters. The Kier molecular flexibility index (Phi) is 3.61. The minimum absolute atomic E-state index is 0.237. The fraction of sp³-hybridized carbons (Fsp3) is 0.500. The number of nitrogens with zero attached hydrogens (tertiary/aromatic N) is 1. The van der Waals surface area contributed by atoms with Crippen LogP contribution in [0.4, 0.5) is 11.4 Å². The van der Waals surface area contributed by atoms with E-state index in [1.807, 2.05) is 30.8 Å². The molecule has 0 radical (unpaired) electrons. The van der Waals surface area contributed by atoms with Gasteiger partial charge in [0.2, 0.25) is 0 Å². The van der Waals surface area contributed by atoms with Gasteiger partial charge in [-0.15, -0.1) is 11.8 Å². The Balaban J connectivity index is 2.15. The zero-order chi connectivity index (χ0) is 11.5. The highest BCUT2D eigenvalue weighted by Gasteiger charge is 2.17. The maximum absolute atomic E-state index is 9.33. The molecular formula is C12H18N2OS. The molecule has 1 heterocycles. The number of aliphatic hydroxyl groups is 1. The standard InChI is InChI=1S/C12H18N2OS/c1-9(15)4-5-14-6-7-16-12-3-2-10(13)8-11(12)14/h2-3,8-9,15H,4-7,13H2,1H3. The van der Waals surface area contributed by atoms with Gasteiger partial charge in [0, 0.05) is 29.4 Å². The summed E-state index contributed by atoms with van der Waals surface area (Å²) in [7, 11) is 0. The van der Waals surface area contributed by atoms with Crippen LogP contribution in [-0.4, -0.2) is 30.1 Å². The van der Waals surface area contributed by atoms with E-state index in [9.17, 15) is 5.11 Å². The van der Waals surface area contributed by atoms with E-state index in [1.165, 1.54) is 10.6 Å². The number of fused-ring (bicyclic) bond motifs is 1. The highest BCUT2D eigenvalue weighted by atomic mass is 32.2. The van der Waals surface area contributed by atoms with Crippen molar-refractivity contribution in [2.45, 2.75) is 24.3 Å². The minimum Gasteiger partial charge on any atom is -0.399 e. The van der Waals surface area contributed by atoms with Crippen LogP contribution < -0.4 is 10.6 Å². The van der Waals surface area contributed by atoms with Crippen LogP contribution in [0.15, 0.2) is 23.1 Å². The predicted molar refractivity (Wildman–Crippen MR) is 70.1 cm³/mol. The first-order valence-corrected chi connectivity index (χ1v) is 6.60. The summed E-state index contributed by atoms with van der Waals surface area (Å²) in [4.78, 5) is 3.61. The number of rotatable bonds is 3. The third-order valence-corrected chi connectivity index (χ3v) is 3.80. The van der Waals surface area contributed by atoms with Gasteiger partial charge in [0.1, 0.15) is 0 Å². The van der Waals surface area contributed by atoms with Crippen molar-refractivity contribution in [2.24, 2.45) is 0 Å². The summed E-state index contributed by atoms with van der Waals surface area (Å²) in [5.74, 6) is 1.11. The molecule has 2 rings (SSSR count). The number of nitrogen functional groups attached to an aromatic ring is 1. The maximum atomic E-state index is 9.33. The van der Waals surface area contributed by atoms with Crippen molar-refractivity contribution in [3.8, 4) is 0 Å². The molecular weight excluding hydrogens is 220 g/mol. The molecule has 0 fully saturated rings. The second-order valence-corrected chi connectivity index (χ2v) is 5.34. The zero-order valence-electron chi connectivity index (χ0n) is 9.52. The van der Waals surface area contributed by atoms with Gasteiger partial charge >= 0.3 is 0 Å². The molecule has 3 N–H and O–H groups in total. The fourth-order valence-electron chi connectivity index (χ4n) is 1.86. The van der Waals surface area contributed by atoms with Gasteiger partial charge in [0.25, 0.3) is 0 Å². The lowest BCUT2D eigenvalue weighted by Crippen LogP contribution is -2.31. The van der Waals surface area contributed by atoms with Crippen molar-refractivity contribution >= 4 is 23.1 Å². The Morgan fingerprint density at radius 3 is 3.12 bits per heavy atom. The number of hydrogen-bond acceptors (Lipinski definition) is 4. The summed E-state index contributed by atoms with van der Waals surface area (Å²) < 4.78 is 0. The highest BCUT2D eigenvalue weighted by Crippen LogP contribution is 2.35. The Bertz CT molecular complexity index is 368. The number of aliphatic hydroxyl groups excluding tert-OH is 1. The van der Waals surface area contributed by atoms with Crippen molar-refractivity contribution in [3.05, 3.63) is 18.2 Å². The summed E-state index contributed by atoms with van der Waals surface area (Å²) in [5, 5.41) is 9.33. The van der Waals surface area contributed by atoms with Crippen LogP contribution >= 0.6 is 11.8 Å². The predicted octanol–water partition coefficient (Wildman–Crippen LogP) is 1.95. The summed E-state index contributed by atoms with van der Waals surface area (Å²) in [6.45, 7) is 3.77. The van der Waals surface area contributed by atoms with Crippen LogP contribution in [0, 0.1) is 0 Å². The molecule has 1 aliphatic heterocycles. The summed E-state index contributed by atoms with van der Waals surface area (Å²) in [5.41, 5.74) is 7.84. The molecule has 1 aromatic carbocycles. The van der Waals surface area contributed by atoms with Gasteiger partial charge in [-0.05, 0) is 31.5 Å². The Labute approximate surface area is 101 Å². The van der Waals surface area contributed by atoms with Gasteiger partial charge in [-0.1, -0.05) is 0 Å². The molecule has 16 heavy (non-hydrogen) atoms. The van der Waals surface area contributed by atoms with Crippen LogP contribution in [0.2, 0.25) is 0 Å². The van der Waals surface area contributed by atoms with E-state index in [1.54, 1.807) is 0 Å². The SMILES string of the molecule is CC(O)CCN1CCSc2ccc(N)cc21. The van der Waals surface area contributed by atoms with Crippen LogP contribution in [-0.2, 0) is 0 Å². The lowest BCUT2D eigenvalue weighted by atomic mass is 10.2. The number of thioether (sulfide) groups is 1. The number of hydrogen-bond donors (Lipinski definition) is 2. The maximum Gasteiger partial charge on any atom is 0.0528 e. The summed E-state index contributed by atoms with van der Waals surface area (Å²) in [6.07, 6.45) is 0.568. The molecule has 3 nitrogen and oxygen atoms in total. The average molecular weight is 238 g/mol. The number of benzene rings is 1. The normalized spacial score (nSPS) is 17.0. The molecule has 1 atom stereocenters. The molecule has 0 bridgehead atoms. The summed E-state index contributed by atoms with van der Waals surface area (Å²) in [6, 6.07) is 6.07. The molecule has 0 aromatic heterocycles. The van der Waals surface area contributed by atoms with Gasteiger partial charge in [-0.2, -0.15) is 0 Å². The van der Waals surface area contributed by atoms with E-state index < -0.39 is 0 Å². The Morgan fingerprint density at radius 1 is 1.56 bits per heavy atom. The topological polar surface area (TPSA) is 49.5 Å². The molecule has 1 aromatic rings. The van der Waals surface area contributed by atoms with Crippen molar-refractivity contribution in [2.75, 3.05) is 29.5 Å². The van der Waals surface area contributed by atoms with E-state index in [2.05, 4.69) is 11.0 Å². The van der Waals surface area contributed by atoms with E-state index in [-0.39, 0.29) is 6.10 Å². The van der Waals surface area contributed by atoms with Crippen molar-refractivity contribution < 1.29 is 5.11 Å². The first-order valence-electron chi connectivity index (χ1n) is 5.62. The van der Waals surface area contributed by atoms with Crippen LogP contribution in [0.3, 0.4) is 0 Å². The first-order chi connectivity index (χ1) is 7.66. The van der Waals surface area contributed by atoms with Crippen molar-refractivity contribution in [3.63, 3.8) is 0 Å². The molecule has 0 amide bonds. The van der Waals surface area contributed by atoms with Crippen molar-refractivity contribution in [1.82, 2.24) is 0 Å². The van der Waals surface area contributed by atoms with Gasteiger partial charge in [0.15, 0.2) is 0 Å². The fourth-order valence-corrected chi connectivity index (χ4v) is 2.90. The molecule has 0 saturated heterocycles. The first kappa shape index (κ1) is 11.6. The second kappa shape index (κ2) is 4.97. The van der Waals surface area contributed by atoms with Gasteiger partial charge in [0.05, 0.1) is 11.8 Å². The smallest absolute Gasteiger partial charge is 0.0528 e. The highest BCUT2D eigenvalue weighted by molar-refractivity contribution is 7.99. The molecule has 0 aliphatic carbocycles. The zero-order valence-corrected chi connectivity index (χ0v) is 10.3. The van der Waals surface area contributed by atoms with E-state index >= 15 is 0 Å². The quantitative estimate of drug-likeness (QED) is 0.790. The molecule has 1 aliphatic rings. The monoisotopic (exact) mass is 238 g/mol. The lowest BCUT2D eigenvalue weighted by molar-refractivity contribution is 0.186. The van der Waals surface area contributed by atoms with Gasteiger partial charge in [-0.3, -0.25) is 0 Å². The Morgan fingerprint density at radius 2 is 2.38 bits per heavy atom. The third kappa shape index (κ3) is 2.62. The van der Waals surface area contributed by atoms with Gasteiger partial charge in [-0.25, -0.2) is 0 Å². The van der Waals surface area contributed by atoms with E-state index in [4.69, 9.17) is 5.73 Å². The minimum atomic E-state index is -0.237. The van der Waals surface area contributed by atoms with E-state index in [0.29, 0.717) is 0 Å². The second-order valence-electron chi connectivity index (χ2n) is 4.20. The van der Waals surface area contributed by atoms with Gasteiger partial charge < -0.3 is 15.7 Å². The van der Waals surface area contributed by atoms with E-state index in [0.717, 1.165) is 31.0 Å². The Hall–Kier alpha value is -0.870. The largest absolute Gasteiger partial charge is 0.399 e. The molecule has 0 saturated carbocycles. The number of nitrogens with two attached hydrogens (primary N) is 1. The molecule has 88 valence electrons. The van der Waals surface area contributed by atoms with Crippen molar-refractivity contribution in [1.29, 1.82) is 0 Å². The van der Waals surface area contributed by atoms with Crippen LogP contribution in [0.25, 0.3) is 0 Å². The number of anilines is 2.